The number of phenolic OH excluding ortho intramolecular Hbond substituents is 1. The van der Waals surface area contributed by atoms with Crippen molar-refractivity contribution in [1.29, 1.82) is 0 Å². The molecule has 0 aliphatic carbocycles. The van der Waals surface area contributed by atoms with Crippen molar-refractivity contribution >= 4 is 11.6 Å². The number of ether oxygens (including phenoxy) is 1. The van der Waals surface area contributed by atoms with Crippen LogP contribution in [0.4, 0.5) is 5.69 Å². The largest absolute Gasteiger partial charge is 0.506 e. The Kier molecular flexibility index (Phi) is 5.63. The fourth-order valence-corrected chi connectivity index (χ4v) is 2.17. The molecule has 1 amide bonds. The average molecular weight is 313 g/mol. The summed E-state index contributed by atoms with van der Waals surface area (Å²) < 4.78 is 5.44. The van der Waals surface area contributed by atoms with Gasteiger partial charge in [-0.2, -0.15) is 0 Å². The normalized spacial score (nSPS) is 11.8. The quantitative estimate of drug-likeness (QED) is 0.785. The first-order valence-electron chi connectivity index (χ1n) is 7.81. The maximum absolute atomic E-state index is 12.0. The molecule has 0 bridgehead atoms. The van der Waals surface area contributed by atoms with E-state index in [0.717, 1.165) is 17.5 Å². The van der Waals surface area contributed by atoms with E-state index in [1.165, 1.54) is 0 Å². The second kappa shape index (κ2) is 7.68. The van der Waals surface area contributed by atoms with Crippen molar-refractivity contribution in [2.75, 3.05) is 11.9 Å². The Morgan fingerprint density at radius 3 is 2.57 bits per heavy atom. The van der Waals surface area contributed by atoms with Crippen LogP contribution in [0.15, 0.2) is 42.5 Å². The van der Waals surface area contributed by atoms with Gasteiger partial charge in [-0.15, -0.1) is 0 Å². The molecule has 0 heterocycles. The van der Waals surface area contributed by atoms with Crippen LogP contribution in [0.5, 0.6) is 11.5 Å². The Hall–Kier alpha value is -2.49. The molecule has 2 aromatic rings. The average Bonchev–Trinajstić information content (AvgIpc) is 2.55. The molecule has 2 aromatic carbocycles. The zero-order chi connectivity index (χ0) is 16.8. The minimum atomic E-state index is -0.304. The number of amides is 1. The van der Waals surface area contributed by atoms with Crippen molar-refractivity contribution in [3.63, 3.8) is 0 Å². The van der Waals surface area contributed by atoms with E-state index in [-0.39, 0.29) is 18.3 Å². The first-order valence-corrected chi connectivity index (χ1v) is 7.81. The van der Waals surface area contributed by atoms with E-state index in [1.54, 1.807) is 6.07 Å². The van der Waals surface area contributed by atoms with Crippen molar-refractivity contribution in [2.45, 2.75) is 33.1 Å². The maximum Gasteiger partial charge on any atom is 0.262 e. The minimum absolute atomic E-state index is 0.0562. The summed E-state index contributed by atoms with van der Waals surface area (Å²) in [5.74, 6) is 0.765. The third kappa shape index (κ3) is 4.74. The van der Waals surface area contributed by atoms with Gasteiger partial charge in [-0.25, -0.2) is 0 Å². The molecule has 23 heavy (non-hydrogen) atoms. The molecule has 1 unspecified atom stereocenters. The summed E-state index contributed by atoms with van der Waals surface area (Å²) in [6.45, 7) is 6.10. The lowest BCUT2D eigenvalue weighted by Crippen LogP contribution is -2.20. The van der Waals surface area contributed by atoms with Crippen molar-refractivity contribution < 1.29 is 14.6 Å². The van der Waals surface area contributed by atoms with Crippen LogP contribution in [-0.2, 0) is 4.79 Å². The second-order valence-corrected chi connectivity index (χ2v) is 5.74. The molecule has 0 saturated carbocycles. The van der Waals surface area contributed by atoms with E-state index in [9.17, 15) is 9.90 Å². The summed E-state index contributed by atoms with van der Waals surface area (Å²) in [4.78, 5) is 12.0. The predicted molar refractivity (Wildman–Crippen MR) is 92.1 cm³/mol. The van der Waals surface area contributed by atoms with Crippen LogP contribution in [0.2, 0.25) is 0 Å². The Bertz CT molecular complexity index is 665. The van der Waals surface area contributed by atoms with Gasteiger partial charge in [0, 0.05) is 0 Å². The number of hydrogen-bond acceptors (Lipinski definition) is 3. The van der Waals surface area contributed by atoms with E-state index < -0.39 is 0 Å². The van der Waals surface area contributed by atoms with Crippen molar-refractivity contribution in [1.82, 2.24) is 0 Å². The summed E-state index contributed by atoms with van der Waals surface area (Å²) in [5.41, 5.74) is 2.63. The van der Waals surface area contributed by atoms with Crippen LogP contribution < -0.4 is 10.1 Å². The molecule has 4 heteroatoms. The fraction of sp³-hybridized carbons (Fsp3) is 0.316. The van der Waals surface area contributed by atoms with Gasteiger partial charge in [0.1, 0.15) is 11.5 Å². The number of carbonyl (C=O) groups is 1. The number of phenols is 1. The Morgan fingerprint density at radius 1 is 1.22 bits per heavy atom. The lowest BCUT2D eigenvalue weighted by atomic mass is 9.98. The molecule has 2 rings (SSSR count). The van der Waals surface area contributed by atoms with E-state index in [0.29, 0.717) is 17.4 Å². The predicted octanol–water partition coefficient (Wildman–Crippen LogP) is 4.23. The van der Waals surface area contributed by atoms with Crippen LogP contribution in [-0.4, -0.2) is 17.6 Å². The molecular formula is C19H23NO3. The van der Waals surface area contributed by atoms with Gasteiger partial charge in [-0.05, 0) is 49.1 Å². The maximum atomic E-state index is 12.0. The topological polar surface area (TPSA) is 58.6 Å². The molecule has 0 radical (unpaired) electrons. The monoisotopic (exact) mass is 313 g/mol. The minimum Gasteiger partial charge on any atom is -0.506 e. The zero-order valence-electron chi connectivity index (χ0n) is 13.8. The first-order chi connectivity index (χ1) is 11.0. The van der Waals surface area contributed by atoms with Crippen molar-refractivity contribution in [2.24, 2.45) is 0 Å². The van der Waals surface area contributed by atoms with Gasteiger partial charge in [0.05, 0.1) is 5.69 Å². The lowest BCUT2D eigenvalue weighted by molar-refractivity contribution is -0.118. The molecule has 0 aliphatic heterocycles. The van der Waals surface area contributed by atoms with Crippen LogP contribution in [0.1, 0.15) is 37.3 Å². The van der Waals surface area contributed by atoms with Gasteiger partial charge in [-0.3, -0.25) is 4.79 Å². The highest BCUT2D eigenvalue weighted by atomic mass is 16.5. The molecule has 0 saturated heterocycles. The van der Waals surface area contributed by atoms with E-state index in [2.05, 4.69) is 19.2 Å². The number of hydrogen-bond donors (Lipinski definition) is 2. The van der Waals surface area contributed by atoms with Gasteiger partial charge in [-0.1, -0.05) is 37.6 Å². The first kappa shape index (κ1) is 16.9. The van der Waals surface area contributed by atoms with Crippen LogP contribution in [0.3, 0.4) is 0 Å². The summed E-state index contributed by atoms with van der Waals surface area (Å²) in [6, 6.07) is 12.8. The van der Waals surface area contributed by atoms with Gasteiger partial charge >= 0.3 is 0 Å². The standard InChI is InChI=1S/C19H23NO3/c1-4-14(3)15-7-10-18(21)17(11-15)20-19(22)12-23-16-8-5-13(2)6-9-16/h5-11,14,21H,4,12H2,1-3H3,(H,20,22). The molecule has 2 N–H and O–H groups in total. The van der Waals surface area contributed by atoms with Gasteiger partial charge in [0.25, 0.3) is 5.91 Å². The highest BCUT2D eigenvalue weighted by Crippen LogP contribution is 2.29. The Balaban J connectivity index is 1.98. The molecule has 0 aromatic heterocycles. The summed E-state index contributed by atoms with van der Waals surface area (Å²) >= 11 is 0. The Morgan fingerprint density at radius 2 is 1.91 bits per heavy atom. The molecular weight excluding hydrogens is 290 g/mol. The SMILES string of the molecule is CCC(C)c1ccc(O)c(NC(=O)COc2ccc(C)cc2)c1. The smallest absolute Gasteiger partial charge is 0.262 e. The highest BCUT2D eigenvalue weighted by Gasteiger charge is 2.11. The third-order valence-corrected chi connectivity index (χ3v) is 3.87. The van der Waals surface area contributed by atoms with Crippen molar-refractivity contribution in [3.05, 3.63) is 53.6 Å². The van der Waals surface area contributed by atoms with E-state index in [4.69, 9.17) is 4.74 Å². The molecule has 0 aliphatic rings. The number of carbonyl (C=O) groups excluding carboxylic acids is 1. The molecule has 4 nitrogen and oxygen atoms in total. The van der Waals surface area contributed by atoms with Crippen LogP contribution in [0, 0.1) is 6.92 Å². The van der Waals surface area contributed by atoms with Gasteiger partial charge in [0.2, 0.25) is 0 Å². The third-order valence-electron chi connectivity index (χ3n) is 3.87. The van der Waals surface area contributed by atoms with Crippen molar-refractivity contribution in [3.8, 4) is 11.5 Å². The summed E-state index contributed by atoms with van der Waals surface area (Å²) in [5, 5.41) is 12.6. The number of benzene rings is 2. The summed E-state index contributed by atoms with van der Waals surface area (Å²) in [6.07, 6.45) is 0.995. The van der Waals surface area contributed by atoms with E-state index >= 15 is 0 Å². The zero-order valence-corrected chi connectivity index (χ0v) is 13.8. The van der Waals surface area contributed by atoms with Crippen LogP contribution in [0.25, 0.3) is 0 Å². The number of rotatable bonds is 6. The fourth-order valence-electron chi connectivity index (χ4n) is 2.17. The number of anilines is 1. The van der Waals surface area contributed by atoms with E-state index in [1.807, 2.05) is 43.3 Å². The number of nitrogens with one attached hydrogen (secondary N) is 1. The highest BCUT2D eigenvalue weighted by molar-refractivity contribution is 5.93. The molecule has 0 fully saturated rings. The van der Waals surface area contributed by atoms with Gasteiger partial charge < -0.3 is 15.2 Å². The summed E-state index contributed by atoms with van der Waals surface area (Å²) in [7, 11) is 0. The molecule has 1 atom stereocenters. The van der Waals surface area contributed by atoms with Crippen LogP contribution >= 0.6 is 0 Å². The number of aromatic hydroxyl groups is 1. The van der Waals surface area contributed by atoms with Gasteiger partial charge in [0.15, 0.2) is 6.61 Å². The Labute approximate surface area is 137 Å². The number of aryl methyl sites for hydroxylation is 1. The second-order valence-electron chi connectivity index (χ2n) is 5.74. The molecule has 122 valence electrons. The molecule has 0 spiro atoms. The lowest BCUT2D eigenvalue weighted by Gasteiger charge is -2.13.